The topological polar surface area (TPSA) is 45.2 Å². The molecule has 19 heavy (non-hydrogen) atoms. The second-order valence-electron chi connectivity index (χ2n) is 5.96. The zero-order valence-corrected chi connectivity index (χ0v) is 12.8. The zero-order valence-electron chi connectivity index (χ0n) is 12.0. The van der Waals surface area contributed by atoms with Crippen molar-refractivity contribution in [3.05, 3.63) is 23.9 Å². The molecule has 0 bridgehead atoms. The van der Waals surface area contributed by atoms with Crippen LogP contribution in [0.15, 0.2) is 18.3 Å². The smallest absolute Gasteiger partial charge is 0.128 e. The summed E-state index contributed by atoms with van der Waals surface area (Å²) in [6.07, 6.45) is 1.93. The number of nitrogens with zero attached hydrogens (tertiary/aromatic N) is 2. The van der Waals surface area contributed by atoms with E-state index in [1.807, 2.05) is 6.20 Å². The molecule has 0 saturated carbocycles. The first-order valence-corrected chi connectivity index (χ1v) is 8.23. The van der Waals surface area contributed by atoms with Gasteiger partial charge in [0, 0.05) is 53.7 Å². The van der Waals surface area contributed by atoms with Gasteiger partial charge in [-0.15, -0.1) is 0 Å². The number of pyridine rings is 1. The van der Waals surface area contributed by atoms with Crippen LogP contribution in [-0.4, -0.2) is 39.3 Å². The van der Waals surface area contributed by atoms with Crippen molar-refractivity contribution < 1.29 is 4.21 Å². The van der Waals surface area contributed by atoms with Crippen LogP contribution in [0.5, 0.6) is 0 Å². The lowest BCUT2D eigenvalue weighted by molar-refractivity contribution is 0.424. The van der Waals surface area contributed by atoms with Gasteiger partial charge >= 0.3 is 0 Å². The summed E-state index contributed by atoms with van der Waals surface area (Å²) in [5, 5.41) is 3.45. The van der Waals surface area contributed by atoms with Crippen molar-refractivity contribution >= 4 is 16.6 Å². The van der Waals surface area contributed by atoms with Gasteiger partial charge in [-0.25, -0.2) is 4.98 Å². The van der Waals surface area contributed by atoms with Crippen LogP contribution in [0.4, 0.5) is 5.82 Å². The van der Waals surface area contributed by atoms with Crippen molar-refractivity contribution in [2.75, 3.05) is 29.5 Å². The zero-order chi connectivity index (χ0) is 13.9. The summed E-state index contributed by atoms with van der Waals surface area (Å²) < 4.78 is 11.3. The SMILES string of the molecule is CC(C)(C)NCc1ccc(N2CCS(=O)CC2)nc1. The Morgan fingerprint density at radius 2 is 2.00 bits per heavy atom. The Bertz CT molecular complexity index is 429. The fraction of sp³-hybridized carbons (Fsp3) is 0.643. The molecule has 5 heteroatoms. The number of hydrogen-bond donors (Lipinski definition) is 1. The number of aromatic nitrogens is 1. The quantitative estimate of drug-likeness (QED) is 0.913. The molecule has 1 aliphatic heterocycles. The predicted molar refractivity (Wildman–Crippen MR) is 80.9 cm³/mol. The molecule has 0 amide bonds. The summed E-state index contributed by atoms with van der Waals surface area (Å²) in [6.45, 7) is 8.99. The maximum absolute atomic E-state index is 11.3. The minimum absolute atomic E-state index is 0.121. The Morgan fingerprint density at radius 1 is 1.32 bits per heavy atom. The second-order valence-corrected chi connectivity index (χ2v) is 7.66. The number of anilines is 1. The molecule has 1 N–H and O–H groups in total. The van der Waals surface area contributed by atoms with Crippen LogP contribution >= 0.6 is 0 Å². The normalized spacial score (nSPS) is 17.7. The van der Waals surface area contributed by atoms with Crippen LogP contribution < -0.4 is 10.2 Å². The fourth-order valence-electron chi connectivity index (χ4n) is 1.94. The Balaban J connectivity index is 1.93. The van der Waals surface area contributed by atoms with Gasteiger partial charge in [0.05, 0.1) is 0 Å². The number of rotatable bonds is 3. The average Bonchev–Trinajstić information content (AvgIpc) is 2.37. The minimum atomic E-state index is -0.632. The van der Waals surface area contributed by atoms with E-state index in [9.17, 15) is 4.21 Å². The molecule has 0 atom stereocenters. The first-order valence-electron chi connectivity index (χ1n) is 6.74. The fourth-order valence-corrected chi connectivity index (χ4v) is 2.99. The highest BCUT2D eigenvalue weighted by atomic mass is 32.2. The van der Waals surface area contributed by atoms with E-state index >= 15 is 0 Å². The Kier molecular flexibility index (Phi) is 4.58. The summed E-state index contributed by atoms with van der Waals surface area (Å²) in [7, 11) is -0.632. The van der Waals surface area contributed by atoms with Crippen LogP contribution in [0.25, 0.3) is 0 Å². The third-order valence-corrected chi connectivity index (χ3v) is 4.41. The molecule has 0 aromatic carbocycles. The van der Waals surface area contributed by atoms with Crippen LogP contribution in [-0.2, 0) is 17.3 Å². The van der Waals surface area contributed by atoms with E-state index in [1.165, 1.54) is 5.56 Å². The highest BCUT2D eigenvalue weighted by Crippen LogP contribution is 2.14. The predicted octanol–water partition coefficient (Wildman–Crippen LogP) is 1.54. The van der Waals surface area contributed by atoms with E-state index in [1.54, 1.807) is 0 Å². The monoisotopic (exact) mass is 281 g/mol. The van der Waals surface area contributed by atoms with Crippen molar-refractivity contribution in [1.29, 1.82) is 0 Å². The highest BCUT2D eigenvalue weighted by Gasteiger charge is 2.16. The standard InChI is InChI=1S/C14H23N3OS/c1-14(2,3)16-11-12-4-5-13(15-10-12)17-6-8-19(18)9-7-17/h4-5,10,16H,6-9,11H2,1-3H3. The van der Waals surface area contributed by atoms with E-state index < -0.39 is 10.8 Å². The molecule has 4 nitrogen and oxygen atoms in total. The number of nitrogens with one attached hydrogen (secondary N) is 1. The van der Waals surface area contributed by atoms with Gasteiger partial charge in [0.1, 0.15) is 5.82 Å². The van der Waals surface area contributed by atoms with Crippen molar-refractivity contribution in [1.82, 2.24) is 10.3 Å². The van der Waals surface area contributed by atoms with Crippen LogP contribution in [0.2, 0.25) is 0 Å². The van der Waals surface area contributed by atoms with Gasteiger partial charge in [-0.05, 0) is 32.4 Å². The molecule has 1 fully saturated rings. The van der Waals surface area contributed by atoms with Crippen LogP contribution in [0.3, 0.4) is 0 Å². The van der Waals surface area contributed by atoms with Crippen molar-refractivity contribution in [3.63, 3.8) is 0 Å². The van der Waals surface area contributed by atoms with Crippen molar-refractivity contribution in [2.45, 2.75) is 32.9 Å². The first-order chi connectivity index (χ1) is 8.94. The van der Waals surface area contributed by atoms with Gasteiger partial charge < -0.3 is 10.2 Å². The lowest BCUT2D eigenvalue weighted by Crippen LogP contribution is -2.38. The largest absolute Gasteiger partial charge is 0.355 e. The summed E-state index contributed by atoms with van der Waals surface area (Å²) in [5.74, 6) is 2.51. The van der Waals surface area contributed by atoms with Crippen LogP contribution in [0, 0.1) is 0 Å². The molecular weight excluding hydrogens is 258 g/mol. The second kappa shape index (κ2) is 6.01. The molecule has 0 aliphatic carbocycles. The molecule has 2 heterocycles. The molecular formula is C14H23N3OS. The van der Waals surface area contributed by atoms with E-state index in [0.29, 0.717) is 0 Å². The maximum Gasteiger partial charge on any atom is 0.128 e. The molecule has 1 aliphatic rings. The van der Waals surface area contributed by atoms with E-state index in [-0.39, 0.29) is 5.54 Å². The Labute approximate surface area is 118 Å². The Morgan fingerprint density at radius 3 is 2.53 bits per heavy atom. The van der Waals surface area contributed by atoms with Crippen molar-refractivity contribution in [2.24, 2.45) is 0 Å². The summed E-state index contributed by atoms with van der Waals surface area (Å²) >= 11 is 0. The molecule has 0 spiro atoms. The third kappa shape index (κ3) is 4.58. The summed E-state index contributed by atoms with van der Waals surface area (Å²) in [4.78, 5) is 6.73. The van der Waals surface area contributed by atoms with Gasteiger partial charge in [0.15, 0.2) is 0 Å². The summed E-state index contributed by atoms with van der Waals surface area (Å²) in [5.41, 5.74) is 1.31. The maximum atomic E-state index is 11.3. The lowest BCUT2D eigenvalue weighted by Gasteiger charge is -2.27. The average molecular weight is 281 g/mol. The molecule has 106 valence electrons. The van der Waals surface area contributed by atoms with Gasteiger partial charge in [0.2, 0.25) is 0 Å². The molecule has 1 aromatic rings. The van der Waals surface area contributed by atoms with Gasteiger partial charge in [-0.2, -0.15) is 0 Å². The molecule has 0 radical (unpaired) electrons. The van der Waals surface area contributed by atoms with Crippen LogP contribution in [0.1, 0.15) is 26.3 Å². The van der Waals surface area contributed by atoms with Crippen molar-refractivity contribution in [3.8, 4) is 0 Å². The van der Waals surface area contributed by atoms with E-state index in [2.05, 4.69) is 48.1 Å². The van der Waals surface area contributed by atoms with Gasteiger partial charge in [0.25, 0.3) is 0 Å². The first kappa shape index (κ1) is 14.5. The third-order valence-electron chi connectivity index (χ3n) is 3.13. The molecule has 1 saturated heterocycles. The molecule has 0 unspecified atom stereocenters. The van der Waals surface area contributed by atoms with E-state index in [4.69, 9.17) is 0 Å². The number of hydrogen-bond acceptors (Lipinski definition) is 4. The lowest BCUT2D eigenvalue weighted by atomic mass is 10.1. The summed E-state index contributed by atoms with van der Waals surface area (Å²) in [6, 6.07) is 4.18. The molecule has 2 rings (SSSR count). The molecule has 1 aromatic heterocycles. The minimum Gasteiger partial charge on any atom is -0.355 e. The van der Waals surface area contributed by atoms with Gasteiger partial charge in [-0.3, -0.25) is 4.21 Å². The van der Waals surface area contributed by atoms with E-state index in [0.717, 1.165) is 37.0 Å². The van der Waals surface area contributed by atoms with Gasteiger partial charge in [-0.1, -0.05) is 6.07 Å². The Hall–Kier alpha value is -0.940. The highest BCUT2D eigenvalue weighted by molar-refractivity contribution is 7.85.